The highest BCUT2D eigenvalue weighted by atomic mass is 16.6. The van der Waals surface area contributed by atoms with Gasteiger partial charge in [0.25, 0.3) is 12.6 Å². The first-order valence-corrected chi connectivity index (χ1v) is 10.5. The van der Waals surface area contributed by atoms with Crippen molar-refractivity contribution >= 4 is 18.0 Å². The second kappa shape index (κ2) is 12.4. The van der Waals surface area contributed by atoms with Crippen LogP contribution < -0.4 is 20.9 Å². The van der Waals surface area contributed by atoms with Gasteiger partial charge < -0.3 is 26.2 Å². The molecule has 0 fully saturated rings. The molecule has 5 N–H and O–H groups in total. The molecule has 0 aliphatic heterocycles. The average Bonchev–Trinajstić information content (AvgIpc) is 2.76. The number of ether oxygens (including phenoxy) is 1. The zero-order valence-electron chi connectivity index (χ0n) is 18.4. The Kier molecular flexibility index (Phi) is 9.62. The molecule has 2 aromatic rings. The van der Waals surface area contributed by atoms with Crippen LogP contribution in [0, 0.1) is 0 Å². The molecule has 9 nitrogen and oxygen atoms in total. The lowest BCUT2D eigenvalue weighted by atomic mass is 10.1. The summed E-state index contributed by atoms with van der Waals surface area (Å²) in [5.74, 6) is -1.33. The second-order valence-electron chi connectivity index (χ2n) is 7.79. The Labute approximate surface area is 187 Å². The SMILES string of the molecule is C[C@H](CC[C@H](N)C(=O)O)NC(=O)c1cc[n+](COC(=O)N[C@@H](C)Cc2ccccc2)cc1. The molecule has 1 aromatic carbocycles. The number of carbonyl (C=O) groups is 3. The molecule has 2 rings (SSSR count). The number of benzene rings is 1. The van der Waals surface area contributed by atoms with Crippen molar-refractivity contribution in [2.75, 3.05) is 0 Å². The lowest BCUT2D eigenvalue weighted by Crippen LogP contribution is -2.41. The van der Waals surface area contributed by atoms with Crippen LogP contribution >= 0.6 is 0 Å². The summed E-state index contributed by atoms with van der Waals surface area (Å²) in [6.45, 7) is 3.71. The number of hydrogen-bond acceptors (Lipinski definition) is 5. The maximum Gasteiger partial charge on any atom is 0.412 e. The summed E-state index contributed by atoms with van der Waals surface area (Å²) >= 11 is 0. The molecule has 0 radical (unpaired) electrons. The highest BCUT2D eigenvalue weighted by molar-refractivity contribution is 5.94. The molecule has 0 aliphatic carbocycles. The Morgan fingerprint density at radius 1 is 1.00 bits per heavy atom. The first-order chi connectivity index (χ1) is 15.2. The van der Waals surface area contributed by atoms with E-state index in [4.69, 9.17) is 15.6 Å². The van der Waals surface area contributed by atoms with Gasteiger partial charge in [-0.15, -0.1) is 0 Å². The van der Waals surface area contributed by atoms with Gasteiger partial charge in [-0.1, -0.05) is 30.3 Å². The van der Waals surface area contributed by atoms with Crippen molar-refractivity contribution in [1.29, 1.82) is 0 Å². The fourth-order valence-corrected chi connectivity index (χ4v) is 3.02. The molecule has 0 saturated heterocycles. The zero-order chi connectivity index (χ0) is 23.5. The maximum atomic E-state index is 12.3. The Morgan fingerprint density at radius 2 is 1.66 bits per heavy atom. The minimum Gasteiger partial charge on any atom is -0.480 e. The number of nitrogens with two attached hydrogens (primary N) is 1. The smallest absolute Gasteiger partial charge is 0.412 e. The molecule has 0 spiro atoms. The maximum absolute atomic E-state index is 12.3. The number of nitrogens with zero attached hydrogens (tertiary/aromatic N) is 1. The van der Waals surface area contributed by atoms with Crippen LogP contribution in [0.15, 0.2) is 54.9 Å². The largest absolute Gasteiger partial charge is 0.480 e. The Balaban J connectivity index is 1.74. The summed E-state index contributed by atoms with van der Waals surface area (Å²) in [6.07, 6.45) is 4.19. The van der Waals surface area contributed by atoms with Gasteiger partial charge in [-0.3, -0.25) is 9.59 Å². The van der Waals surface area contributed by atoms with Crippen LogP contribution in [-0.2, 0) is 22.7 Å². The third-order valence-corrected chi connectivity index (χ3v) is 4.85. The lowest BCUT2D eigenvalue weighted by molar-refractivity contribution is -0.727. The minimum absolute atomic E-state index is 0.00920. The van der Waals surface area contributed by atoms with E-state index < -0.39 is 18.1 Å². The number of carboxylic acid groups (broad SMARTS) is 1. The molecular weight excluding hydrogens is 412 g/mol. The lowest BCUT2D eigenvalue weighted by Gasteiger charge is -2.15. The summed E-state index contributed by atoms with van der Waals surface area (Å²) in [6, 6.07) is 11.9. The van der Waals surface area contributed by atoms with Crippen molar-refractivity contribution in [3.05, 3.63) is 66.0 Å². The van der Waals surface area contributed by atoms with E-state index in [1.54, 1.807) is 36.0 Å². The number of carboxylic acids is 1. The summed E-state index contributed by atoms with van der Waals surface area (Å²) < 4.78 is 6.86. The van der Waals surface area contributed by atoms with Crippen molar-refractivity contribution in [3.63, 3.8) is 0 Å². The molecule has 0 unspecified atom stereocenters. The van der Waals surface area contributed by atoms with E-state index >= 15 is 0 Å². The highest BCUT2D eigenvalue weighted by Gasteiger charge is 2.16. The number of hydrogen-bond donors (Lipinski definition) is 4. The number of aromatic nitrogens is 1. The highest BCUT2D eigenvalue weighted by Crippen LogP contribution is 2.04. The molecule has 172 valence electrons. The number of amides is 2. The molecule has 1 aromatic heterocycles. The summed E-state index contributed by atoms with van der Waals surface area (Å²) in [5.41, 5.74) is 7.05. The van der Waals surface area contributed by atoms with E-state index in [1.807, 2.05) is 37.3 Å². The Bertz CT molecular complexity index is 889. The van der Waals surface area contributed by atoms with Gasteiger partial charge in [0.2, 0.25) is 0 Å². The van der Waals surface area contributed by atoms with Crippen LogP contribution in [0.4, 0.5) is 4.79 Å². The van der Waals surface area contributed by atoms with E-state index in [2.05, 4.69) is 10.6 Å². The normalized spacial score (nSPS) is 13.5. The Hall–Kier alpha value is -3.46. The summed E-state index contributed by atoms with van der Waals surface area (Å²) in [4.78, 5) is 35.1. The minimum atomic E-state index is -1.06. The predicted octanol–water partition coefficient (Wildman–Crippen LogP) is 1.60. The number of carbonyl (C=O) groups excluding carboxylic acids is 2. The van der Waals surface area contributed by atoms with Gasteiger partial charge in [-0.25, -0.2) is 4.79 Å². The monoisotopic (exact) mass is 443 g/mol. The fourth-order valence-electron chi connectivity index (χ4n) is 3.02. The van der Waals surface area contributed by atoms with Crippen LogP contribution in [0.1, 0.15) is 42.6 Å². The standard InChI is InChI=1S/C23H30N4O5/c1-16(8-9-20(24)22(29)30)25-21(28)19-10-12-27(13-11-19)15-32-23(31)26-17(2)14-18-6-4-3-5-7-18/h3-7,10-13,16-17,20H,8-9,14-15,24H2,1-2H3,(H2-,25,26,28,29,30,31)/p+1/t16-,17+,20+/m1/s1. The third kappa shape index (κ3) is 8.73. The molecule has 3 atom stereocenters. The number of aliphatic carboxylic acids is 1. The van der Waals surface area contributed by atoms with Gasteiger partial charge in [-0.05, 0) is 38.7 Å². The molecule has 0 bridgehead atoms. The topological polar surface area (TPSA) is 135 Å². The second-order valence-corrected chi connectivity index (χ2v) is 7.79. The summed E-state index contributed by atoms with van der Waals surface area (Å²) in [5, 5.41) is 14.4. The van der Waals surface area contributed by atoms with Crippen molar-refractivity contribution in [2.24, 2.45) is 5.73 Å². The first-order valence-electron chi connectivity index (χ1n) is 10.5. The van der Waals surface area contributed by atoms with Crippen LogP contribution in [0.2, 0.25) is 0 Å². The fraction of sp³-hybridized carbons (Fsp3) is 0.391. The molecule has 9 heteroatoms. The molecule has 1 heterocycles. The van der Waals surface area contributed by atoms with Crippen LogP contribution in [-0.4, -0.2) is 41.2 Å². The van der Waals surface area contributed by atoms with E-state index in [1.165, 1.54) is 0 Å². The van der Waals surface area contributed by atoms with Crippen molar-refractivity contribution in [1.82, 2.24) is 10.6 Å². The molecule has 32 heavy (non-hydrogen) atoms. The van der Waals surface area contributed by atoms with Crippen LogP contribution in [0.5, 0.6) is 0 Å². The number of pyridine rings is 1. The van der Waals surface area contributed by atoms with Gasteiger partial charge in [0.05, 0.1) is 5.56 Å². The number of rotatable bonds is 11. The Morgan fingerprint density at radius 3 is 2.28 bits per heavy atom. The number of nitrogens with one attached hydrogen (secondary N) is 2. The van der Waals surface area contributed by atoms with Gasteiger partial charge in [0, 0.05) is 24.2 Å². The molecule has 0 aliphatic rings. The molecular formula is C23H31N4O5+. The van der Waals surface area contributed by atoms with Crippen molar-refractivity contribution < 1.29 is 28.8 Å². The third-order valence-electron chi connectivity index (χ3n) is 4.85. The van der Waals surface area contributed by atoms with E-state index in [-0.39, 0.29) is 31.1 Å². The number of alkyl carbamates (subject to hydrolysis) is 1. The quantitative estimate of drug-likeness (QED) is 0.390. The van der Waals surface area contributed by atoms with Crippen molar-refractivity contribution in [3.8, 4) is 0 Å². The van der Waals surface area contributed by atoms with Gasteiger partial charge in [-0.2, -0.15) is 4.57 Å². The van der Waals surface area contributed by atoms with Gasteiger partial charge in [0.15, 0.2) is 12.4 Å². The molecule has 2 amide bonds. The predicted molar refractivity (Wildman–Crippen MR) is 118 cm³/mol. The average molecular weight is 444 g/mol. The zero-order valence-corrected chi connectivity index (χ0v) is 18.4. The van der Waals surface area contributed by atoms with Crippen LogP contribution in [0.25, 0.3) is 0 Å². The van der Waals surface area contributed by atoms with Gasteiger partial charge >= 0.3 is 12.1 Å². The van der Waals surface area contributed by atoms with E-state index in [0.717, 1.165) is 5.56 Å². The van der Waals surface area contributed by atoms with Crippen molar-refractivity contribution in [2.45, 2.75) is 58.0 Å². The van der Waals surface area contributed by atoms with E-state index in [9.17, 15) is 14.4 Å². The van der Waals surface area contributed by atoms with Crippen LogP contribution in [0.3, 0.4) is 0 Å². The van der Waals surface area contributed by atoms with Gasteiger partial charge in [0.1, 0.15) is 6.04 Å². The summed E-state index contributed by atoms with van der Waals surface area (Å²) in [7, 11) is 0. The first kappa shape index (κ1) is 24.8. The van der Waals surface area contributed by atoms with E-state index in [0.29, 0.717) is 18.4 Å². The molecule has 0 saturated carbocycles.